The van der Waals surface area contributed by atoms with Gasteiger partial charge < -0.3 is 5.32 Å². The fourth-order valence-electron chi connectivity index (χ4n) is 1.62. The first-order chi connectivity index (χ1) is 8.66. The molecule has 1 aromatic carbocycles. The molecule has 0 aliphatic heterocycles. The maximum Gasteiger partial charge on any atom is 0.224 e. The van der Waals surface area contributed by atoms with Crippen molar-refractivity contribution in [1.29, 1.82) is 0 Å². The highest BCUT2D eigenvalue weighted by molar-refractivity contribution is 9.10. The summed E-state index contributed by atoms with van der Waals surface area (Å²) in [5.74, 6) is 1.12. The van der Waals surface area contributed by atoms with Gasteiger partial charge in [0, 0.05) is 12.7 Å². The van der Waals surface area contributed by atoms with Gasteiger partial charge in [-0.2, -0.15) is 4.98 Å². The first-order valence-corrected chi connectivity index (χ1v) is 6.81. The molecule has 18 heavy (non-hydrogen) atoms. The molecule has 3 nitrogen and oxygen atoms in total. The minimum Gasteiger partial charge on any atom is -0.368 e. The van der Waals surface area contributed by atoms with Crippen LogP contribution < -0.4 is 5.32 Å². The molecule has 0 bridgehead atoms. The molecule has 0 spiro atoms. The van der Waals surface area contributed by atoms with Crippen molar-refractivity contribution in [2.45, 2.75) is 12.8 Å². The number of hydrogen-bond donors (Lipinski definition) is 1. The number of rotatable bonds is 4. The van der Waals surface area contributed by atoms with Gasteiger partial charge in [-0.25, -0.2) is 4.98 Å². The Kier molecular flexibility index (Phi) is 4.55. The maximum atomic E-state index is 5.77. The summed E-state index contributed by atoms with van der Waals surface area (Å²) in [6.07, 6.45) is 1.64. The normalized spacial score (nSPS) is 12.2. The number of anilines is 1. The molecular formula is C13H13BrClN3. The molecule has 0 saturated heterocycles. The number of aromatic nitrogens is 2. The first-order valence-electron chi connectivity index (χ1n) is 5.63. The van der Waals surface area contributed by atoms with Crippen LogP contribution >= 0.6 is 27.5 Å². The molecule has 0 fully saturated rings. The van der Waals surface area contributed by atoms with Crippen LogP contribution in [0.2, 0.25) is 5.28 Å². The van der Waals surface area contributed by atoms with Crippen molar-refractivity contribution < 1.29 is 0 Å². The Balaban J connectivity index is 2.01. The molecule has 5 heteroatoms. The molecule has 0 aliphatic rings. The van der Waals surface area contributed by atoms with Gasteiger partial charge in [-0.3, -0.25) is 0 Å². The topological polar surface area (TPSA) is 37.8 Å². The Morgan fingerprint density at radius 3 is 2.78 bits per heavy atom. The lowest BCUT2D eigenvalue weighted by molar-refractivity contribution is 0.800. The minimum absolute atomic E-state index is 0.244. The maximum absolute atomic E-state index is 5.77. The van der Waals surface area contributed by atoms with Crippen molar-refractivity contribution >= 4 is 33.3 Å². The number of halogens is 2. The Hall–Kier alpha value is -1.13. The number of nitrogens with one attached hydrogen (secondary N) is 1. The first kappa shape index (κ1) is 13.3. The van der Waals surface area contributed by atoms with Crippen LogP contribution in [0.3, 0.4) is 0 Å². The zero-order chi connectivity index (χ0) is 13.0. The third kappa shape index (κ3) is 3.43. The van der Waals surface area contributed by atoms with Gasteiger partial charge in [0.15, 0.2) is 0 Å². The Morgan fingerprint density at radius 1 is 1.33 bits per heavy atom. The highest BCUT2D eigenvalue weighted by Gasteiger charge is 2.07. The Morgan fingerprint density at radius 2 is 2.06 bits per heavy atom. The van der Waals surface area contributed by atoms with Crippen molar-refractivity contribution in [1.82, 2.24) is 9.97 Å². The SMILES string of the molecule is CC(CNc1nc(Cl)ncc1Br)c1ccccc1. The summed E-state index contributed by atoms with van der Waals surface area (Å²) < 4.78 is 0.812. The average molecular weight is 327 g/mol. The highest BCUT2D eigenvalue weighted by atomic mass is 79.9. The van der Waals surface area contributed by atoms with Crippen molar-refractivity contribution in [3.63, 3.8) is 0 Å². The van der Waals surface area contributed by atoms with E-state index < -0.39 is 0 Å². The summed E-state index contributed by atoms with van der Waals surface area (Å²) in [7, 11) is 0. The van der Waals surface area contributed by atoms with E-state index in [2.05, 4.69) is 50.3 Å². The van der Waals surface area contributed by atoms with Gasteiger partial charge in [0.25, 0.3) is 0 Å². The molecule has 0 saturated carbocycles. The summed E-state index contributed by atoms with van der Waals surface area (Å²) >= 11 is 9.16. The molecule has 0 aliphatic carbocycles. The molecule has 94 valence electrons. The summed E-state index contributed by atoms with van der Waals surface area (Å²) in [5.41, 5.74) is 1.29. The predicted octanol–water partition coefficient (Wildman–Crippen LogP) is 4.11. The van der Waals surface area contributed by atoms with Gasteiger partial charge in [-0.15, -0.1) is 0 Å². The molecule has 1 aromatic heterocycles. The molecule has 1 heterocycles. The lowest BCUT2D eigenvalue weighted by Gasteiger charge is -2.14. The van der Waals surface area contributed by atoms with Crippen molar-refractivity contribution in [2.75, 3.05) is 11.9 Å². The summed E-state index contributed by atoms with van der Waals surface area (Å²) in [5, 5.41) is 3.51. The minimum atomic E-state index is 0.244. The van der Waals surface area contributed by atoms with Crippen molar-refractivity contribution in [2.24, 2.45) is 0 Å². The average Bonchev–Trinajstić information content (AvgIpc) is 2.40. The largest absolute Gasteiger partial charge is 0.368 e. The van der Waals surface area contributed by atoms with E-state index >= 15 is 0 Å². The fourth-order valence-corrected chi connectivity index (χ4v) is 2.08. The molecule has 1 N–H and O–H groups in total. The zero-order valence-electron chi connectivity index (χ0n) is 9.90. The van der Waals surface area contributed by atoms with Gasteiger partial charge in [-0.05, 0) is 39.0 Å². The summed E-state index contributed by atoms with van der Waals surface area (Å²) in [6, 6.07) is 10.3. The van der Waals surface area contributed by atoms with Gasteiger partial charge >= 0.3 is 0 Å². The number of nitrogens with zero attached hydrogens (tertiary/aromatic N) is 2. The van der Waals surface area contributed by atoms with Gasteiger partial charge in [0.1, 0.15) is 5.82 Å². The number of benzene rings is 1. The van der Waals surface area contributed by atoms with E-state index in [1.54, 1.807) is 6.20 Å². The molecule has 1 unspecified atom stereocenters. The van der Waals surface area contributed by atoms with Crippen LogP contribution in [0.5, 0.6) is 0 Å². The van der Waals surface area contributed by atoms with E-state index in [-0.39, 0.29) is 5.28 Å². The molecule has 0 radical (unpaired) electrons. The molecular weight excluding hydrogens is 314 g/mol. The second-order valence-corrected chi connectivity index (χ2v) is 5.22. The van der Waals surface area contributed by atoms with Gasteiger partial charge in [0.05, 0.1) is 4.47 Å². The second kappa shape index (κ2) is 6.16. The van der Waals surface area contributed by atoms with Crippen LogP contribution in [0.15, 0.2) is 41.0 Å². The second-order valence-electron chi connectivity index (χ2n) is 4.03. The summed E-state index contributed by atoms with van der Waals surface area (Å²) in [6.45, 7) is 2.95. The van der Waals surface area contributed by atoms with E-state index in [0.29, 0.717) is 5.92 Å². The standard InChI is InChI=1S/C13H13BrClN3/c1-9(10-5-3-2-4-6-10)7-16-12-11(14)8-17-13(15)18-12/h2-6,8-9H,7H2,1H3,(H,16,17,18). The molecule has 0 amide bonds. The van der Waals surface area contributed by atoms with E-state index in [4.69, 9.17) is 11.6 Å². The smallest absolute Gasteiger partial charge is 0.224 e. The van der Waals surface area contributed by atoms with E-state index in [0.717, 1.165) is 16.8 Å². The molecule has 2 aromatic rings. The molecule has 1 atom stereocenters. The lowest BCUT2D eigenvalue weighted by Crippen LogP contribution is -2.11. The van der Waals surface area contributed by atoms with E-state index in [9.17, 15) is 0 Å². The van der Waals surface area contributed by atoms with Crippen molar-refractivity contribution in [3.05, 3.63) is 51.8 Å². The third-order valence-electron chi connectivity index (χ3n) is 2.66. The van der Waals surface area contributed by atoms with Crippen LogP contribution in [-0.2, 0) is 0 Å². The lowest BCUT2D eigenvalue weighted by atomic mass is 10.0. The van der Waals surface area contributed by atoms with Crippen LogP contribution in [-0.4, -0.2) is 16.5 Å². The van der Waals surface area contributed by atoms with Gasteiger partial charge in [0.2, 0.25) is 5.28 Å². The van der Waals surface area contributed by atoms with E-state index in [1.165, 1.54) is 5.56 Å². The monoisotopic (exact) mass is 325 g/mol. The van der Waals surface area contributed by atoms with Crippen molar-refractivity contribution in [3.8, 4) is 0 Å². The highest BCUT2D eigenvalue weighted by Crippen LogP contribution is 2.22. The van der Waals surface area contributed by atoms with Crippen LogP contribution in [0, 0.1) is 0 Å². The Labute approximate surface area is 120 Å². The molecule has 2 rings (SSSR count). The third-order valence-corrected chi connectivity index (χ3v) is 3.42. The van der Waals surface area contributed by atoms with Crippen LogP contribution in [0.1, 0.15) is 18.4 Å². The van der Waals surface area contributed by atoms with E-state index in [1.807, 2.05) is 18.2 Å². The number of hydrogen-bond acceptors (Lipinski definition) is 3. The Bertz CT molecular complexity index is 519. The zero-order valence-corrected chi connectivity index (χ0v) is 12.2. The quantitative estimate of drug-likeness (QED) is 0.859. The van der Waals surface area contributed by atoms with Crippen LogP contribution in [0.4, 0.5) is 5.82 Å². The predicted molar refractivity (Wildman–Crippen MR) is 78.1 cm³/mol. The van der Waals surface area contributed by atoms with Crippen LogP contribution in [0.25, 0.3) is 0 Å². The summed E-state index contributed by atoms with van der Waals surface area (Å²) in [4.78, 5) is 8.03. The fraction of sp³-hybridized carbons (Fsp3) is 0.231. The van der Waals surface area contributed by atoms with Gasteiger partial charge in [-0.1, -0.05) is 37.3 Å².